The molecule has 2 heterocycles. The minimum Gasteiger partial charge on any atom is -0.380 e. The quantitative estimate of drug-likeness (QED) is 0.700. The molecule has 0 bridgehead atoms. The Morgan fingerprint density at radius 3 is 2.74 bits per heavy atom. The molecule has 1 amide bonds. The zero-order valence-electron chi connectivity index (χ0n) is 17.0. The molecule has 0 saturated carbocycles. The Morgan fingerprint density at radius 1 is 1.44 bits per heavy atom. The van der Waals surface area contributed by atoms with Crippen LogP contribution in [0.25, 0.3) is 5.57 Å². The van der Waals surface area contributed by atoms with Crippen molar-refractivity contribution in [1.29, 1.82) is 0 Å². The standard InChI is InChI=1S/C19H26N4O2.C2H6.H2/c1-5-8-14(7-3)18-21-16(19(24)20-10-6-2)12-17(22-18)23-11-9-15(13-23)25-4;1-2;/h5,7-8,12,15H,1,3,6,9-11,13H2,2,4H3,(H,20,24);1-2H3;1H/b14-8+;;/t15-;;/m0../s1. The molecular formula is C21H34N4O2. The average Bonchev–Trinajstić information content (AvgIpc) is 3.20. The Morgan fingerprint density at radius 2 is 2.19 bits per heavy atom. The average molecular weight is 375 g/mol. The van der Waals surface area contributed by atoms with Crippen molar-refractivity contribution >= 4 is 17.3 Å². The fourth-order valence-corrected chi connectivity index (χ4v) is 2.66. The zero-order valence-corrected chi connectivity index (χ0v) is 17.0. The predicted octanol–water partition coefficient (Wildman–Crippen LogP) is 3.87. The summed E-state index contributed by atoms with van der Waals surface area (Å²) in [7, 11) is 1.71. The summed E-state index contributed by atoms with van der Waals surface area (Å²) in [4.78, 5) is 23.6. The van der Waals surface area contributed by atoms with Crippen LogP contribution in [0.5, 0.6) is 0 Å². The minimum atomic E-state index is -0.198. The number of carbonyl (C=O) groups excluding carboxylic acids is 1. The molecule has 2 rings (SSSR count). The molecule has 27 heavy (non-hydrogen) atoms. The third kappa shape index (κ3) is 6.32. The number of rotatable bonds is 8. The van der Waals surface area contributed by atoms with Gasteiger partial charge in [-0.15, -0.1) is 0 Å². The Labute approximate surface area is 164 Å². The van der Waals surface area contributed by atoms with Crippen LogP contribution in [-0.2, 0) is 4.74 Å². The molecule has 1 fully saturated rings. The molecule has 0 aromatic carbocycles. The van der Waals surface area contributed by atoms with Crippen LogP contribution in [0.15, 0.2) is 37.5 Å². The van der Waals surface area contributed by atoms with Gasteiger partial charge in [0.1, 0.15) is 11.5 Å². The second kappa shape index (κ2) is 12.0. The fraction of sp³-hybridized carbons (Fsp3) is 0.476. The van der Waals surface area contributed by atoms with Crippen LogP contribution >= 0.6 is 0 Å². The summed E-state index contributed by atoms with van der Waals surface area (Å²) in [6.45, 7) is 15.7. The number of hydrogen-bond acceptors (Lipinski definition) is 5. The summed E-state index contributed by atoms with van der Waals surface area (Å²) >= 11 is 0. The van der Waals surface area contributed by atoms with Crippen LogP contribution < -0.4 is 10.2 Å². The maximum absolute atomic E-state index is 12.4. The number of allylic oxidation sites excluding steroid dienone is 4. The molecule has 1 aliphatic rings. The van der Waals surface area contributed by atoms with E-state index in [9.17, 15) is 4.79 Å². The van der Waals surface area contributed by atoms with Gasteiger partial charge in [-0.1, -0.05) is 52.2 Å². The largest absolute Gasteiger partial charge is 0.380 e. The van der Waals surface area contributed by atoms with Crippen LogP contribution in [0, 0.1) is 0 Å². The maximum atomic E-state index is 12.4. The van der Waals surface area contributed by atoms with E-state index in [1.54, 1.807) is 31.4 Å². The van der Waals surface area contributed by atoms with Crippen LogP contribution in [0.4, 0.5) is 5.82 Å². The van der Waals surface area contributed by atoms with Crippen molar-refractivity contribution in [1.82, 2.24) is 15.3 Å². The Bertz CT molecular complexity index is 676. The van der Waals surface area contributed by atoms with E-state index >= 15 is 0 Å². The second-order valence-electron chi connectivity index (χ2n) is 5.85. The van der Waals surface area contributed by atoms with Gasteiger partial charge >= 0.3 is 0 Å². The number of carbonyl (C=O) groups is 1. The molecule has 1 aromatic heterocycles. The van der Waals surface area contributed by atoms with Crippen molar-refractivity contribution < 1.29 is 11.0 Å². The molecule has 150 valence electrons. The van der Waals surface area contributed by atoms with E-state index in [2.05, 4.69) is 33.3 Å². The van der Waals surface area contributed by atoms with E-state index in [0.29, 0.717) is 18.1 Å². The lowest BCUT2D eigenvalue weighted by atomic mass is 10.2. The van der Waals surface area contributed by atoms with Gasteiger partial charge in [0.05, 0.1) is 6.10 Å². The number of anilines is 1. The summed E-state index contributed by atoms with van der Waals surface area (Å²) < 4.78 is 5.43. The van der Waals surface area contributed by atoms with Gasteiger partial charge in [0, 0.05) is 39.8 Å². The van der Waals surface area contributed by atoms with E-state index < -0.39 is 0 Å². The molecule has 1 saturated heterocycles. The van der Waals surface area contributed by atoms with Crippen LogP contribution in [-0.4, -0.2) is 48.7 Å². The Kier molecular flexibility index (Phi) is 10.0. The third-order valence-corrected chi connectivity index (χ3v) is 4.06. The number of ether oxygens (including phenoxy) is 1. The van der Waals surface area contributed by atoms with Gasteiger partial charge in [-0.25, -0.2) is 9.97 Å². The smallest absolute Gasteiger partial charge is 0.270 e. The molecule has 0 aliphatic carbocycles. The predicted molar refractivity (Wildman–Crippen MR) is 114 cm³/mol. The van der Waals surface area contributed by atoms with Gasteiger partial charge in [-0.3, -0.25) is 4.79 Å². The van der Waals surface area contributed by atoms with Crippen molar-refractivity contribution in [3.05, 3.63) is 49.0 Å². The fourth-order valence-electron chi connectivity index (χ4n) is 2.66. The first-order chi connectivity index (χ1) is 13.1. The summed E-state index contributed by atoms with van der Waals surface area (Å²) in [5.74, 6) is 0.995. The maximum Gasteiger partial charge on any atom is 0.270 e. The van der Waals surface area contributed by atoms with E-state index in [0.717, 1.165) is 37.3 Å². The number of nitrogens with one attached hydrogen (secondary N) is 1. The van der Waals surface area contributed by atoms with Crippen molar-refractivity contribution in [3.8, 4) is 0 Å². The van der Waals surface area contributed by atoms with Crippen molar-refractivity contribution in [2.75, 3.05) is 31.6 Å². The molecule has 1 N–H and O–H groups in total. The third-order valence-electron chi connectivity index (χ3n) is 4.06. The zero-order chi connectivity index (χ0) is 20.2. The first-order valence-electron chi connectivity index (χ1n) is 9.53. The van der Waals surface area contributed by atoms with Crippen molar-refractivity contribution in [2.24, 2.45) is 0 Å². The number of methoxy groups -OCH3 is 1. The molecule has 1 atom stereocenters. The van der Waals surface area contributed by atoms with Crippen LogP contribution in [0.2, 0.25) is 0 Å². The second-order valence-corrected chi connectivity index (χ2v) is 5.85. The van der Waals surface area contributed by atoms with Gasteiger partial charge in [0.15, 0.2) is 5.82 Å². The number of hydrogen-bond donors (Lipinski definition) is 1. The topological polar surface area (TPSA) is 67.4 Å². The lowest BCUT2D eigenvalue weighted by molar-refractivity contribution is 0.0948. The lowest BCUT2D eigenvalue weighted by Gasteiger charge is -2.19. The van der Waals surface area contributed by atoms with Gasteiger partial charge in [-0.2, -0.15) is 0 Å². The van der Waals surface area contributed by atoms with E-state index in [-0.39, 0.29) is 13.4 Å². The van der Waals surface area contributed by atoms with Crippen molar-refractivity contribution in [2.45, 2.75) is 39.7 Å². The highest BCUT2D eigenvalue weighted by Crippen LogP contribution is 2.23. The van der Waals surface area contributed by atoms with E-state index in [1.807, 2.05) is 20.8 Å². The minimum absolute atomic E-state index is 0. The lowest BCUT2D eigenvalue weighted by Crippen LogP contribution is -2.28. The normalized spacial score (nSPS) is 16.4. The van der Waals surface area contributed by atoms with Crippen LogP contribution in [0.3, 0.4) is 0 Å². The Balaban J connectivity index is 0.00000235. The molecule has 0 unspecified atom stereocenters. The molecule has 6 heteroatoms. The van der Waals surface area contributed by atoms with Gasteiger partial charge in [-0.05, 0) is 12.8 Å². The molecular weight excluding hydrogens is 340 g/mol. The summed E-state index contributed by atoms with van der Waals surface area (Å²) in [5.41, 5.74) is 1.08. The first-order valence-corrected chi connectivity index (χ1v) is 9.53. The highest BCUT2D eigenvalue weighted by atomic mass is 16.5. The molecule has 1 aromatic rings. The molecule has 0 radical (unpaired) electrons. The first kappa shape index (κ1) is 22.6. The molecule has 1 aliphatic heterocycles. The number of aromatic nitrogens is 2. The molecule has 6 nitrogen and oxygen atoms in total. The van der Waals surface area contributed by atoms with E-state index in [1.165, 1.54) is 0 Å². The highest BCUT2D eigenvalue weighted by Gasteiger charge is 2.25. The SMILES string of the molecule is C=C/C=C(\C=C)c1nc(C(=O)NCCC)cc(N2CC[C@H](OC)C2)n1.CC.[HH]. The summed E-state index contributed by atoms with van der Waals surface area (Å²) in [6, 6.07) is 1.74. The van der Waals surface area contributed by atoms with Gasteiger partial charge < -0.3 is 15.0 Å². The van der Waals surface area contributed by atoms with Gasteiger partial charge in [0.2, 0.25) is 0 Å². The number of nitrogens with zero attached hydrogens (tertiary/aromatic N) is 3. The molecule has 0 spiro atoms. The Hall–Kier alpha value is -2.47. The van der Waals surface area contributed by atoms with E-state index in [4.69, 9.17) is 4.74 Å². The highest BCUT2D eigenvalue weighted by molar-refractivity contribution is 5.93. The van der Waals surface area contributed by atoms with Gasteiger partial charge in [0.25, 0.3) is 5.91 Å². The monoisotopic (exact) mass is 374 g/mol. The van der Waals surface area contributed by atoms with Crippen LogP contribution in [0.1, 0.15) is 51.4 Å². The van der Waals surface area contributed by atoms with Crippen molar-refractivity contribution in [3.63, 3.8) is 0 Å². The summed E-state index contributed by atoms with van der Waals surface area (Å²) in [5, 5.41) is 2.86. The summed E-state index contributed by atoms with van der Waals surface area (Å²) in [6.07, 6.45) is 7.08. The number of amides is 1.